The molecule has 2 nitrogen and oxygen atoms in total. The molecular formula is C20H36O2. The van der Waals surface area contributed by atoms with Gasteiger partial charge in [0.15, 0.2) is 0 Å². The van der Waals surface area contributed by atoms with Crippen molar-refractivity contribution in [3.8, 4) is 0 Å². The average molecular weight is 309 g/mol. The van der Waals surface area contributed by atoms with E-state index < -0.39 is 5.60 Å². The summed E-state index contributed by atoms with van der Waals surface area (Å²) >= 11 is 0. The van der Waals surface area contributed by atoms with Crippen molar-refractivity contribution in [2.24, 2.45) is 11.8 Å². The van der Waals surface area contributed by atoms with Gasteiger partial charge in [-0.2, -0.15) is 0 Å². The van der Waals surface area contributed by atoms with E-state index in [4.69, 9.17) is 4.74 Å². The van der Waals surface area contributed by atoms with Crippen molar-refractivity contribution in [3.63, 3.8) is 0 Å². The number of rotatable bonds is 1. The van der Waals surface area contributed by atoms with Gasteiger partial charge >= 0.3 is 0 Å². The summed E-state index contributed by atoms with van der Waals surface area (Å²) in [6, 6.07) is 0. The summed E-state index contributed by atoms with van der Waals surface area (Å²) in [6.45, 7) is 13.1. The zero-order chi connectivity index (χ0) is 16.6. The Bertz CT molecular complexity index is 411. The third-order valence-corrected chi connectivity index (χ3v) is 6.37. The minimum atomic E-state index is -0.417. The first-order valence-electron chi connectivity index (χ1n) is 9.15. The van der Waals surface area contributed by atoms with Crippen molar-refractivity contribution in [3.05, 3.63) is 11.6 Å². The van der Waals surface area contributed by atoms with Crippen LogP contribution in [0.2, 0.25) is 0 Å². The summed E-state index contributed by atoms with van der Waals surface area (Å²) < 4.78 is 6.06. The molecule has 3 fully saturated rings. The van der Waals surface area contributed by atoms with Crippen molar-refractivity contribution in [2.75, 3.05) is 0 Å². The molecule has 1 saturated carbocycles. The Morgan fingerprint density at radius 1 is 1.14 bits per heavy atom. The van der Waals surface area contributed by atoms with Crippen molar-refractivity contribution >= 4 is 0 Å². The predicted molar refractivity (Wildman–Crippen MR) is 92.9 cm³/mol. The van der Waals surface area contributed by atoms with Gasteiger partial charge in [-0.05, 0) is 84.5 Å². The van der Waals surface area contributed by atoms with Gasteiger partial charge in [0.1, 0.15) is 0 Å². The van der Waals surface area contributed by atoms with E-state index in [9.17, 15) is 5.11 Å². The molecule has 2 aliphatic heterocycles. The quantitative estimate of drug-likeness (QED) is 0.671. The number of hydrogen-bond acceptors (Lipinski definition) is 2. The summed E-state index contributed by atoms with van der Waals surface area (Å²) in [5.41, 5.74) is 1.39. The maximum Gasteiger partial charge on any atom is 0.0707 e. The summed E-state index contributed by atoms with van der Waals surface area (Å²) in [7, 11) is 0. The molecule has 128 valence electrons. The Hall–Kier alpha value is -0.340. The van der Waals surface area contributed by atoms with Gasteiger partial charge in [-0.1, -0.05) is 25.5 Å². The molecule has 2 bridgehead atoms. The molecular weight excluding hydrogens is 272 g/mol. The average Bonchev–Trinajstić information content (AvgIpc) is 2.41. The minimum absolute atomic E-state index is 0.158. The molecule has 2 heteroatoms. The van der Waals surface area contributed by atoms with Gasteiger partial charge in [-0.25, -0.2) is 0 Å². The number of aliphatic hydroxyl groups is 1. The maximum absolute atomic E-state index is 10.0. The highest BCUT2D eigenvalue weighted by molar-refractivity contribution is 5.08. The third-order valence-electron chi connectivity index (χ3n) is 6.37. The predicted octanol–water partition coefficient (Wildman–Crippen LogP) is 5.25. The molecule has 2 aliphatic carbocycles. The lowest BCUT2D eigenvalue weighted by Crippen LogP contribution is -2.53. The molecule has 1 unspecified atom stereocenters. The molecule has 22 heavy (non-hydrogen) atoms. The normalized spacial score (nSPS) is 40.0. The smallest absolute Gasteiger partial charge is 0.0707 e. The van der Waals surface area contributed by atoms with Gasteiger partial charge in [0.25, 0.3) is 0 Å². The van der Waals surface area contributed by atoms with E-state index in [1.54, 1.807) is 0 Å². The van der Waals surface area contributed by atoms with Crippen LogP contribution in [0.4, 0.5) is 0 Å². The van der Waals surface area contributed by atoms with Crippen LogP contribution < -0.4 is 0 Å². The fourth-order valence-electron chi connectivity index (χ4n) is 4.24. The summed E-state index contributed by atoms with van der Waals surface area (Å²) in [5.74, 6) is 1.20. The van der Waals surface area contributed by atoms with Crippen LogP contribution >= 0.6 is 0 Å². The van der Waals surface area contributed by atoms with E-state index in [0.717, 1.165) is 25.2 Å². The number of allylic oxidation sites excluding steroid dienone is 1. The van der Waals surface area contributed by atoms with Gasteiger partial charge in [-0.15, -0.1) is 0 Å². The second-order valence-electron chi connectivity index (χ2n) is 8.94. The molecule has 4 aliphatic rings. The first-order chi connectivity index (χ1) is 10.1. The van der Waals surface area contributed by atoms with Gasteiger partial charge in [0.05, 0.1) is 16.8 Å². The van der Waals surface area contributed by atoms with Crippen molar-refractivity contribution < 1.29 is 9.84 Å². The Morgan fingerprint density at radius 3 is 2.05 bits per heavy atom. The lowest BCUT2D eigenvalue weighted by molar-refractivity contribution is -0.229. The first-order valence-corrected chi connectivity index (χ1v) is 9.15. The molecule has 1 atom stereocenters. The second kappa shape index (κ2) is 6.28. The molecule has 0 aromatic rings. The highest BCUT2D eigenvalue weighted by Crippen LogP contribution is 2.49. The van der Waals surface area contributed by atoms with Gasteiger partial charge in [-0.3, -0.25) is 0 Å². The van der Waals surface area contributed by atoms with Crippen LogP contribution in [-0.4, -0.2) is 21.9 Å². The Morgan fingerprint density at radius 2 is 1.73 bits per heavy atom. The minimum Gasteiger partial charge on any atom is -0.389 e. The van der Waals surface area contributed by atoms with Crippen LogP contribution in [-0.2, 0) is 4.74 Å². The van der Waals surface area contributed by atoms with Crippen LogP contribution in [0.5, 0.6) is 0 Å². The van der Waals surface area contributed by atoms with E-state index in [1.165, 1.54) is 31.3 Å². The zero-order valence-electron chi connectivity index (χ0n) is 15.5. The van der Waals surface area contributed by atoms with E-state index >= 15 is 0 Å². The number of ether oxygens (including phenoxy) is 1. The summed E-state index contributed by atoms with van der Waals surface area (Å²) in [5, 5.41) is 10.0. The van der Waals surface area contributed by atoms with Crippen molar-refractivity contribution in [1.29, 1.82) is 0 Å². The molecule has 0 aromatic carbocycles. The zero-order valence-corrected chi connectivity index (χ0v) is 15.5. The van der Waals surface area contributed by atoms with Gasteiger partial charge in [0, 0.05) is 0 Å². The Labute approximate surface area is 137 Å². The molecule has 2 saturated heterocycles. The van der Waals surface area contributed by atoms with E-state index in [1.807, 2.05) is 0 Å². The molecule has 1 N–H and O–H groups in total. The molecule has 0 aromatic heterocycles. The highest BCUT2D eigenvalue weighted by atomic mass is 16.5. The summed E-state index contributed by atoms with van der Waals surface area (Å²) in [6.07, 6.45) is 10.3. The van der Waals surface area contributed by atoms with Crippen LogP contribution in [0.1, 0.15) is 86.5 Å². The van der Waals surface area contributed by atoms with Crippen LogP contribution in [0, 0.1) is 11.8 Å². The number of hydrogen-bond donors (Lipinski definition) is 1. The van der Waals surface area contributed by atoms with E-state index in [-0.39, 0.29) is 11.2 Å². The SMILES string of the molecule is CC12CCC(CC1)C(C)(C)O2.CC1=CCC(O)(C(C)C)CC1. The van der Waals surface area contributed by atoms with E-state index in [2.05, 4.69) is 47.6 Å². The van der Waals surface area contributed by atoms with Crippen LogP contribution in [0.25, 0.3) is 0 Å². The monoisotopic (exact) mass is 308 g/mol. The van der Waals surface area contributed by atoms with E-state index in [0.29, 0.717) is 5.92 Å². The molecule has 0 radical (unpaired) electrons. The van der Waals surface area contributed by atoms with Crippen LogP contribution in [0.3, 0.4) is 0 Å². The standard InChI is InChI=1S/2C10H18O/c1-9(2)8-4-6-10(3,11-9)7-5-8;1-8(2)10(11)6-4-9(3)5-7-10/h8H,4-7H2,1-3H3;4,8,11H,5-7H2,1-3H3. The summed E-state index contributed by atoms with van der Waals surface area (Å²) in [4.78, 5) is 0. The number of fused-ring (bicyclic) bond motifs is 3. The van der Waals surface area contributed by atoms with Gasteiger partial charge < -0.3 is 9.84 Å². The van der Waals surface area contributed by atoms with Crippen molar-refractivity contribution in [2.45, 2.75) is 103 Å². The van der Waals surface area contributed by atoms with Crippen LogP contribution in [0.15, 0.2) is 11.6 Å². The maximum atomic E-state index is 10.0. The second-order valence-corrected chi connectivity index (χ2v) is 8.94. The fraction of sp³-hybridized carbons (Fsp3) is 0.900. The molecule has 0 amide bonds. The molecule has 4 rings (SSSR count). The largest absolute Gasteiger partial charge is 0.389 e. The Balaban J connectivity index is 0.000000160. The molecule has 0 spiro atoms. The lowest BCUT2D eigenvalue weighted by atomic mass is 9.69. The molecule has 2 heterocycles. The Kier molecular flexibility index (Phi) is 5.14. The lowest BCUT2D eigenvalue weighted by Gasteiger charge is -2.54. The first kappa shape index (κ1) is 18.0. The van der Waals surface area contributed by atoms with Gasteiger partial charge in [0.2, 0.25) is 0 Å². The fourth-order valence-corrected chi connectivity index (χ4v) is 4.24. The third kappa shape index (κ3) is 3.94. The topological polar surface area (TPSA) is 29.5 Å². The highest BCUT2D eigenvalue weighted by Gasteiger charge is 2.48. The van der Waals surface area contributed by atoms with Crippen molar-refractivity contribution in [1.82, 2.24) is 0 Å².